The van der Waals surface area contributed by atoms with Gasteiger partial charge in [0.15, 0.2) is 0 Å². The van der Waals surface area contributed by atoms with Crippen LogP contribution in [0.4, 0.5) is 0 Å². The highest BCUT2D eigenvalue weighted by Crippen LogP contribution is 2.43. The van der Waals surface area contributed by atoms with Gasteiger partial charge in [-0.05, 0) is 23.3 Å². The smallest absolute Gasteiger partial charge is 0.208 e. The second-order valence-electron chi connectivity index (χ2n) is 6.64. The minimum atomic E-state index is -0.482. The van der Waals surface area contributed by atoms with Gasteiger partial charge >= 0.3 is 0 Å². The molecule has 138 valence electrons. The summed E-state index contributed by atoms with van der Waals surface area (Å²) in [6, 6.07) is 11.7. The summed E-state index contributed by atoms with van der Waals surface area (Å²) in [5, 5.41) is 28.6. The predicted octanol–water partition coefficient (Wildman–Crippen LogP) is 1.62. The Morgan fingerprint density at radius 1 is 0.808 bits per heavy atom. The molecule has 0 saturated heterocycles. The molecule has 4 atom stereocenters. The maximum atomic E-state index is 9.59. The summed E-state index contributed by atoms with van der Waals surface area (Å²) in [4.78, 5) is 0. The van der Waals surface area contributed by atoms with Crippen LogP contribution in [0.1, 0.15) is 23.0 Å². The molecule has 0 spiro atoms. The average Bonchev–Trinajstić information content (AvgIpc) is 3.23. The number of benzene rings is 2. The summed E-state index contributed by atoms with van der Waals surface area (Å²) in [6.07, 6.45) is -0.898. The summed E-state index contributed by atoms with van der Waals surface area (Å²) in [5.41, 5.74) is 3.75. The van der Waals surface area contributed by atoms with Crippen LogP contribution in [0.15, 0.2) is 36.4 Å². The Hall–Kier alpha value is -2.12. The van der Waals surface area contributed by atoms with Gasteiger partial charge < -0.3 is 29.5 Å². The molecule has 0 aromatic heterocycles. The van der Waals surface area contributed by atoms with Gasteiger partial charge in [0.2, 0.25) is 6.29 Å². The molecule has 2 aromatic carbocycles. The standard InChI is InChI=1S/C20H22O6/c1-24-20-16(9-22)14-5-3-12(7-18(14)26-20)11-2-4-13-15(8-21)19(10-23)25-17(13)6-11/h2-7,15-16,19-23H,8-10H2,1H3/t15-,16-,19+,20-/m1/s1. The van der Waals surface area contributed by atoms with E-state index in [1.807, 2.05) is 36.4 Å². The lowest BCUT2D eigenvalue weighted by Gasteiger charge is -2.14. The predicted molar refractivity (Wildman–Crippen MR) is 94.5 cm³/mol. The molecule has 2 aliphatic rings. The zero-order chi connectivity index (χ0) is 18.3. The minimum Gasteiger partial charge on any atom is -0.487 e. The number of rotatable bonds is 5. The van der Waals surface area contributed by atoms with Crippen molar-refractivity contribution in [2.45, 2.75) is 24.2 Å². The van der Waals surface area contributed by atoms with Gasteiger partial charge in [-0.3, -0.25) is 0 Å². The fourth-order valence-corrected chi connectivity index (χ4v) is 3.82. The van der Waals surface area contributed by atoms with Gasteiger partial charge in [0.05, 0.1) is 31.7 Å². The Kier molecular flexibility index (Phi) is 4.58. The Bertz CT molecular complexity index is 737. The molecule has 0 bridgehead atoms. The lowest BCUT2D eigenvalue weighted by molar-refractivity contribution is -0.0631. The second kappa shape index (κ2) is 6.89. The molecule has 4 rings (SSSR count). The van der Waals surface area contributed by atoms with Crippen molar-refractivity contribution in [3.8, 4) is 22.6 Å². The molecule has 0 unspecified atom stereocenters. The molecule has 2 heterocycles. The Labute approximate surface area is 151 Å². The fraction of sp³-hybridized carbons (Fsp3) is 0.400. The average molecular weight is 358 g/mol. The van der Waals surface area contributed by atoms with Gasteiger partial charge in [0.1, 0.15) is 17.6 Å². The zero-order valence-corrected chi connectivity index (χ0v) is 14.5. The van der Waals surface area contributed by atoms with Crippen LogP contribution in [0.2, 0.25) is 0 Å². The van der Waals surface area contributed by atoms with Crippen molar-refractivity contribution in [3.05, 3.63) is 47.5 Å². The molecule has 6 nitrogen and oxygen atoms in total. The molecule has 0 saturated carbocycles. The highest BCUT2D eigenvalue weighted by Gasteiger charge is 2.35. The van der Waals surface area contributed by atoms with E-state index in [4.69, 9.17) is 14.2 Å². The second-order valence-corrected chi connectivity index (χ2v) is 6.64. The van der Waals surface area contributed by atoms with Gasteiger partial charge in [-0.15, -0.1) is 0 Å². The monoisotopic (exact) mass is 358 g/mol. The molecule has 2 aliphatic heterocycles. The molecule has 0 radical (unpaired) electrons. The van der Waals surface area contributed by atoms with Crippen LogP contribution in [0.5, 0.6) is 11.5 Å². The Balaban J connectivity index is 1.67. The van der Waals surface area contributed by atoms with Gasteiger partial charge in [-0.2, -0.15) is 0 Å². The van der Waals surface area contributed by atoms with E-state index in [1.54, 1.807) is 7.11 Å². The first-order chi connectivity index (χ1) is 12.7. The number of ether oxygens (including phenoxy) is 3. The van der Waals surface area contributed by atoms with E-state index in [2.05, 4.69) is 0 Å². The van der Waals surface area contributed by atoms with E-state index in [9.17, 15) is 15.3 Å². The Morgan fingerprint density at radius 2 is 1.38 bits per heavy atom. The molecular formula is C20H22O6. The van der Waals surface area contributed by atoms with Crippen LogP contribution < -0.4 is 9.47 Å². The van der Waals surface area contributed by atoms with Crippen molar-refractivity contribution in [2.24, 2.45) is 0 Å². The van der Waals surface area contributed by atoms with Crippen molar-refractivity contribution in [2.75, 3.05) is 26.9 Å². The highest BCUT2D eigenvalue weighted by molar-refractivity contribution is 5.69. The quantitative estimate of drug-likeness (QED) is 0.753. The third-order valence-corrected chi connectivity index (χ3v) is 5.26. The summed E-state index contributed by atoms with van der Waals surface area (Å²) in [6.45, 7) is -0.239. The highest BCUT2D eigenvalue weighted by atomic mass is 16.7. The van der Waals surface area contributed by atoms with Crippen molar-refractivity contribution in [1.82, 2.24) is 0 Å². The molecule has 6 heteroatoms. The van der Waals surface area contributed by atoms with Crippen LogP contribution in [0, 0.1) is 0 Å². The van der Waals surface area contributed by atoms with Crippen LogP contribution in [-0.4, -0.2) is 54.6 Å². The van der Waals surface area contributed by atoms with E-state index in [-0.39, 0.29) is 31.7 Å². The van der Waals surface area contributed by atoms with Crippen LogP contribution in [0.3, 0.4) is 0 Å². The zero-order valence-electron chi connectivity index (χ0n) is 14.5. The summed E-state index contributed by atoms with van der Waals surface area (Å²) >= 11 is 0. The van der Waals surface area contributed by atoms with Crippen LogP contribution >= 0.6 is 0 Å². The topological polar surface area (TPSA) is 88.4 Å². The minimum absolute atomic E-state index is 0.0391. The van der Waals surface area contributed by atoms with Crippen molar-refractivity contribution < 1.29 is 29.5 Å². The first-order valence-corrected chi connectivity index (χ1v) is 8.67. The number of hydrogen-bond acceptors (Lipinski definition) is 6. The fourth-order valence-electron chi connectivity index (χ4n) is 3.82. The molecule has 26 heavy (non-hydrogen) atoms. The van der Waals surface area contributed by atoms with Crippen molar-refractivity contribution in [1.29, 1.82) is 0 Å². The molecule has 0 aliphatic carbocycles. The van der Waals surface area contributed by atoms with Gasteiger partial charge in [0, 0.05) is 18.2 Å². The summed E-state index contributed by atoms with van der Waals surface area (Å²) < 4.78 is 16.9. The third kappa shape index (κ3) is 2.66. The lowest BCUT2D eigenvalue weighted by atomic mass is 9.93. The van der Waals surface area contributed by atoms with Crippen molar-refractivity contribution >= 4 is 0 Å². The Morgan fingerprint density at radius 3 is 1.92 bits per heavy atom. The maximum absolute atomic E-state index is 9.59. The van der Waals surface area contributed by atoms with Crippen molar-refractivity contribution in [3.63, 3.8) is 0 Å². The largest absolute Gasteiger partial charge is 0.487 e. The van der Waals surface area contributed by atoms with E-state index in [0.29, 0.717) is 11.5 Å². The first-order valence-electron chi connectivity index (χ1n) is 8.67. The molecule has 2 aromatic rings. The summed E-state index contributed by atoms with van der Waals surface area (Å²) in [7, 11) is 1.56. The summed E-state index contributed by atoms with van der Waals surface area (Å²) in [5.74, 6) is 0.990. The SMILES string of the molecule is CO[C@@H]1Oc2cc(-c3ccc4c(c3)O[C@@H](CO)[C@@H]4CO)ccc2[C@H]1CO. The van der Waals surface area contributed by atoms with Crippen LogP contribution in [-0.2, 0) is 4.74 Å². The number of aliphatic hydroxyl groups is 3. The molecule has 3 N–H and O–H groups in total. The normalized spacial score (nSPS) is 26.2. The van der Waals surface area contributed by atoms with Gasteiger partial charge in [0.25, 0.3) is 0 Å². The molecule has 0 amide bonds. The van der Waals surface area contributed by atoms with E-state index >= 15 is 0 Å². The number of fused-ring (bicyclic) bond motifs is 2. The van der Waals surface area contributed by atoms with E-state index in [1.165, 1.54) is 0 Å². The lowest BCUT2D eigenvalue weighted by Crippen LogP contribution is -2.25. The maximum Gasteiger partial charge on any atom is 0.208 e. The number of methoxy groups -OCH3 is 1. The number of aliphatic hydroxyl groups excluding tert-OH is 3. The number of hydrogen-bond donors (Lipinski definition) is 3. The molecule has 0 fully saturated rings. The van der Waals surface area contributed by atoms with E-state index < -0.39 is 12.4 Å². The molecular weight excluding hydrogens is 336 g/mol. The third-order valence-electron chi connectivity index (χ3n) is 5.26. The van der Waals surface area contributed by atoms with E-state index in [0.717, 1.165) is 22.3 Å². The van der Waals surface area contributed by atoms with Gasteiger partial charge in [-0.1, -0.05) is 24.3 Å². The first kappa shape index (κ1) is 17.3. The van der Waals surface area contributed by atoms with Crippen LogP contribution in [0.25, 0.3) is 11.1 Å². The van der Waals surface area contributed by atoms with Gasteiger partial charge in [-0.25, -0.2) is 0 Å².